The van der Waals surface area contributed by atoms with E-state index >= 15 is 0 Å². The molecular formula is C7H5F3NZn-. The summed E-state index contributed by atoms with van der Waals surface area (Å²) in [5.41, 5.74) is 4.36. The van der Waals surface area contributed by atoms with Gasteiger partial charge in [-0.2, -0.15) is 31.4 Å². The maximum absolute atomic E-state index is 11.9. The molecule has 1 nitrogen and oxygen atoms in total. The van der Waals surface area contributed by atoms with Crippen molar-refractivity contribution >= 4 is 5.69 Å². The summed E-state index contributed by atoms with van der Waals surface area (Å²) in [5, 5.41) is 0. The van der Waals surface area contributed by atoms with Gasteiger partial charge in [0.2, 0.25) is 0 Å². The van der Waals surface area contributed by atoms with Crippen LogP contribution < -0.4 is 5.73 Å². The number of hydrogen-bond donors (Lipinski definition) is 1. The number of halogens is 3. The predicted molar refractivity (Wildman–Crippen MR) is 34.7 cm³/mol. The van der Waals surface area contributed by atoms with E-state index in [4.69, 9.17) is 5.73 Å². The van der Waals surface area contributed by atoms with Crippen molar-refractivity contribution in [2.75, 3.05) is 5.73 Å². The average Bonchev–Trinajstić information content (AvgIpc) is 1.86. The van der Waals surface area contributed by atoms with Gasteiger partial charge in [-0.15, -0.1) is 6.07 Å². The number of nitrogens with two attached hydrogens (primary N) is 1. The minimum Gasteiger partial charge on any atom is -0.420 e. The fourth-order valence-electron chi connectivity index (χ4n) is 0.661. The Morgan fingerprint density at radius 3 is 2.25 bits per heavy atom. The standard InChI is InChI=1S/C7H5F3N.Zn/c8-7(9,10)5-2-1-3-6(11)4-5;/h1-2,4H,11H2;/q-1;. The third-order valence-electron chi connectivity index (χ3n) is 1.15. The molecule has 0 fully saturated rings. The molecule has 0 bridgehead atoms. The zero-order valence-electron chi connectivity index (χ0n) is 6.15. The molecule has 62 valence electrons. The summed E-state index contributed by atoms with van der Waals surface area (Å²) in [5.74, 6) is 0. The summed E-state index contributed by atoms with van der Waals surface area (Å²) in [6, 6.07) is 5.35. The molecule has 1 aromatic carbocycles. The largest absolute Gasteiger partial charge is 0.420 e. The van der Waals surface area contributed by atoms with E-state index < -0.39 is 11.7 Å². The first kappa shape index (κ1) is 11.4. The summed E-state index contributed by atoms with van der Waals surface area (Å²) >= 11 is 0. The SMILES string of the molecule is Nc1[c-]ccc(C(F)(F)F)c1.[Zn]. The van der Waals surface area contributed by atoms with Crippen LogP contribution in [0.1, 0.15) is 5.56 Å². The quantitative estimate of drug-likeness (QED) is 0.408. The minimum atomic E-state index is -4.32. The van der Waals surface area contributed by atoms with E-state index in [1.807, 2.05) is 0 Å². The molecule has 5 heteroatoms. The molecule has 0 unspecified atom stereocenters. The van der Waals surface area contributed by atoms with Gasteiger partial charge in [0.15, 0.2) is 0 Å². The van der Waals surface area contributed by atoms with Gasteiger partial charge >= 0.3 is 6.18 Å². The van der Waals surface area contributed by atoms with Crippen LogP contribution in [0.5, 0.6) is 0 Å². The molecule has 2 N–H and O–H groups in total. The molecule has 0 atom stereocenters. The van der Waals surface area contributed by atoms with Crippen LogP contribution in [0.25, 0.3) is 0 Å². The molecule has 0 aromatic heterocycles. The monoisotopic (exact) mass is 224 g/mol. The molecule has 1 aromatic rings. The van der Waals surface area contributed by atoms with E-state index in [0.717, 1.165) is 18.2 Å². The van der Waals surface area contributed by atoms with E-state index in [9.17, 15) is 13.2 Å². The van der Waals surface area contributed by atoms with Crippen molar-refractivity contribution in [1.82, 2.24) is 0 Å². The van der Waals surface area contributed by atoms with Gasteiger partial charge in [0, 0.05) is 19.5 Å². The number of benzene rings is 1. The topological polar surface area (TPSA) is 26.0 Å². The Morgan fingerprint density at radius 1 is 1.33 bits per heavy atom. The Balaban J connectivity index is 0.00000121. The molecule has 0 aliphatic carbocycles. The fourth-order valence-corrected chi connectivity index (χ4v) is 0.661. The van der Waals surface area contributed by atoms with Gasteiger partial charge in [0.1, 0.15) is 0 Å². The molecule has 1 rings (SSSR count). The van der Waals surface area contributed by atoms with Crippen molar-refractivity contribution in [2.24, 2.45) is 0 Å². The van der Waals surface area contributed by atoms with Gasteiger partial charge in [-0.1, -0.05) is 11.3 Å². The number of alkyl halides is 3. The third kappa shape index (κ3) is 2.82. The first-order chi connectivity index (χ1) is 5.00. The first-order valence-electron chi connectivity index (χ1n) is 2.84. The van der Waals surface area contributed by atoms with E-state index in [-0.39, 0.29) is 25.2 Å². The van der Waals surface area contributed by atoms with Gasteiger partial charge in [-0.05, 0) is 0 Å². The Kier molecular flexibility index (Phi) is 3.71. The van der Waals surface area contributed by atoms with Crippen LogP contribution >= 0.6 is 0 Å². The summed E-state index contributed by atoms with van der Waals surface area (Å²) < 4.78 is 35.7. The number of nitrogen functional groups attached to an aromatic ring is 1. The van der Waals surface area contributed by atoms with Crippen molar-refractivity contribution in [1.29, 1.82) is 0 Å². The summed E-state index contributed by atoms with van der Waals surface area (Å²) in [6.07, 6.45) is -4.32. The molecule has 0 aliphatic heterocycles. The molecule has 0 spiro atoms. The normalized spacial score (nSPS) is 10.6. The van der Waals surface area contributed by atoms with Gasteiger partial charge < -0.3 is 5.73 Å². The predicted octanol–water partition coefficient (Wildman–Crippen LogP) is 2.09. The second kappa shape index (κ2) is 3.90. The Hall–Kier alpha value is -0.567. The van der Waals surface area contributed by atoms with Crippen LogP contribution in [0.2, 0.25) is 0 Å². The molecule has 0 heterocycles. The van der Waals surface area contributed by atoms with Crippen molar-refractivity contribution in [3.05, 3.63) is 29.8 Å². The molecule has 0 aliphatic rings. The maximum atomic E-state index is 11.9. The molecule has 0 amide bonds. The summed E-state index contributed by atoms with van der Waals surface area (Å²) in [7, 11) is 0. The second-order valence-electron chi connectivity index (χ2n) is 2.03. The van der Waals surface area contributed by atoms with E-state index in [0.29, 0.717) is 0 Å². The Morgan fingerprint density at radius 2 is 1.92 bits per heavy atom. The maximum Gasteiger partial charge on any atom is 0.394 e. The van der Waals surface area contributed by atoms with Crippen LogP contribution in [0.15, 0.2) is 18.2 Å². The van der Waals surface area contributed by atoms with Crippen molar-refractivity contribution < 1.29 is 32.6 Å². The summed E-state index contributed by atoms with van der Waals surface area (Å²) in [4.78, 5) is 0. The zero-order valence-corrected chi connectivity index (χ0v) is 9.12. The second-order valence-corrected chi connectivity index (χ2v) is 2.03. The van der Waals surface area contributed by atoms with Gasteiger partial charge in [0.05, 0.1) is 0 Å². The van der Waals surface area contributed by atoms with E-state index in [1.54, 1.807) is 0 Å². The Labute approximate surface area is 80.5 Å². The van der Waals surface area contributed by atoms with Crippen molar-refractivity contribution in [3.63, 3.8) is 0 Å². The average molecular weight is 226 g/mol. The van der Waals surface area contributed by atoms with Crippen LogP contribution in [0, 0.1) is 6.07 Å². The zero-order chi connectivity index (χ0) is 8.48. The van der Waals surface area contributed by atoms with E-state index in [2.05, 4.69) is 6.07 Å². The van der Waals surface area contributed by atoms with Crippen LogP contribution in [-0.4, -0.2) is 0 Å². The summed E-state index contributed by atoms with van der Waals surface area (Å²) in [6.45, 7) is 0. The van der Waals surface area contributed by atoms with Gasteiger partial charge in [0.25, 0.3) is 0 Å². The van der Waals surface area contributed by atoms with Crippen LogP contribution in [0.4, 0.5) is 18.9 Å². The fraction of sp³-hybridized carbons (Fsp3) is 0.143. The molecule has 0 radical (unpaired) electrons. The molecule has 12 heavy (non-hydrogen) atoms. The third-order valence-corrected chi connectivity index (χ3v) is 1.15. The molecule has 0 saturated carbocycles. The number of anilines is 1. The molecular weight excluding hydrogens is 220 g/mol. The number of hydrogen-bond acceptors (Lipinski definition) is 1. The van der Waals surface area contributed by atoms with Crippen molar-refractivity contribution in [3.8, 4) is 0 Å². The first-order valence-corrected chi connectivity index (χ1v) is 2.84. The van der Waals surface area contributed by atoms with E-state index in [1.165, 1.54) is 0 Å². The Bertz CT molecular complexity index is 259. The van der Waals surface area contributed by atoms with Gasteiger partial charge in [-0.25, -0.2) is 0 Å². The van der Waals surface area contributed by atoms with Crippen LogP contribution in [0.3, 0.4) is 0 Å². The van der Waals surface area contributed by atoms with Crippen molar-refractivity contribution in [2.45, 2.75) is 6.18 Å². The molecule has 0 saturated heterocycles. The number of rotatable bonds is 0. The smallest absolute Gasteiger partial charge is 0.394 e. The van der Waals surface area contributed by atoms with Gasteiger partial charge in [-0.3, -0.25) is 0 Å². The minimum absolute atomic E-state index is 0. The van der Waals surface area contributed by atoms with Crippen LogP contribution in [-0.2, 0) is 25.7 Å².